The number of nitrogen functional groups attached to an aromatic ring is 1. The summed E-state index contributed by atoms with van der Waals surface area (Å²) >= 11 is 0. The van der Waals surface area contributed by atoms with E-state index >= 15 is 0 Å². The van der Waals surface area contributed by atoms with Crippen molar-refractivity contribution in [1.82, 2.24) is 4.90 Å². The Labute approximate surface area is 97.3 Å². The second-order valence-electron chi connectivity index (χ2n) is 4.16. The van der Waals surface area contributed by atoms with Crippen molar-refractivity contribution in [3.05, 3.63) is 29.6 Å². The second kappa shape index (κ2) is 5.85. The van der Waals surface area contributed by atoms with Gasteiger partial charge in [0.25, 0.3) is 0 Å². The Bertz CT molecular complexity index is 339. The minimum Gasteiger partial charge on any atom is -0.398 e. The Morgan fingerprint density at radius 3 is 2.62 bits per heavy atom. The third-order valence-electron chi connectivity index (χ3n) is 3.10. The molecule has 0 bridgehead atoms. The third kappa shape index (κ3) is 3.20. The van der Waals surface area contributed by atoms with E-state index in [-0.39, 0.29) is 5.82 Å². The topological polar surface area (TPSA) is 29.3 Å². The van der Waals surface area contributed by atoms with Gasteiger partial charge in [0.2, 0.25) is 0 Å². The van der Waals surface area contributed by atoms with Gasteiger partial charge in [0, 0.05) is 18.3 Å². The standard InChI is InChI=1S/C13H21FN2/c1-4-10(3)16(5-2)9-11-8-12(14)6-7-13(11)15/h6-8,10H,4-5,9,15H2,1-3H3. The summed E-state index contributed by atoms with van der Waals surface area (Å²) in [6.07, 6.45) is 1.09. The molecule has 0 fully saturated rings. The highest BCUT2D eigenvalue weighted by molar-refractivity contribution is 5.46. The molecule has 1 aromatic rings. The lowest BCUT2D eigenvalue weighted by Gasteiger charge is -2.27. The maximum absolute atomic E-state index is 13.1. The van der Waals surface area contributed by atoms with E-state index in [0.29, 0.717) is 11.7 Å². The number of benzene rings is 1. The minimum absolute atomic E-state index is 0.218. The van der Waals surface area contributed by atoms with Crippen molar-refractivity contribution in [2.45, 2.75) is 39.8 Å². The maximum Gasteiger partial charge on any atom is 0.123 e. The molecule has 0 spiro atoms. The van der Waals surface area contributed by atoms with Crippen LogP contribution >= 0.6 is 0 Å². The monoisotopic (exact) mass is 224 g/mol. The molecule has 3 heteroatoms. The molecule has 1 aromatic carbocycles. The zero-order valence-electron chi connectivity index (χ0n) is 10.3. The van der Waals surface area contributed by atoms with Gasteiger partial charge in [-0.05, 0) is 43.7 Å². The third-order valence-corrected chi connectivity index (χ3v) is 3.10. The van der Waals surface area contributed by atoms with Crippen LogP contribution in [0.1, 0.15) is 32.8 Å². The van der Waals surface area contributed by atoms with Gasteiger partial charge in [-0.25, -0.2) is 4.39 Å². The molecule has 2 nitrogen and oxygen atoms in total. The molecule has 1 unspecified atom stereocenters. The van der Waals surface area contributed by atoms with Gasteiger partial charge in [-0.3, -0.25) is 4.90 Å². The molecule has 0 heterocycles. The van der Waals surface area contributed by atoms with Crippen LogP contribution in [-0.2, 0) is 6.54 Å². The predicted molar refractivity (Wildman–Crippen MR) is 66.6 cm³/mol. The zero-order chi connectivity index (χ0) is 12.1. The normalized spacial score (nSPS) is 13.1. The van der Waals surface area contributed by atoms with Gasteiger partial charge in [-0.1, -0.05) is 13.8 Å². The Hall–Kier alpha value is -1.09. The van der Waals surface area contributed by atoms with Crippen molar-refractivity contribution in [2.24, 2.45) is 0 Å². The number of rotatable bonds is 5. The summed E-state index contributed by atoms with van der Waals surface area (Å²) < 4.78 is 13.1. The summed E-state index contributed by atoms with van der Waals surface area (Å²) in [5.41, 5.74) is 7.39. The highest BCUT2D eigenvalue weighted by Gasteiger charge is 2.12. The molecule has 0 aliphatic heterocycles. The van der Waals surface area contributed by atoms with Crippen LogP contribution in [0.3, 0.4) is 0 Å². The van der Waals surface area contributed by atoms with Crippen molar-refractivity contribution >= 4 is 5.69 Å². The van der Waals surface area contributed by atoms with Crippen LogP contribution < -0.4 is 5.73 Å². The van der Waals surface area contributed by atoms with Gasteiger partial charge in [-0.15, -0.1) is 0 Å². The van der Waals surface area contributed by atoms with E-state index < -0.39 is 0 Å². The molecule has 90 valence electrons. The molecular weight excluding hydrogens is 203 g/mol. The molecule has 0 aliphatic rings. The molecule has 2 N–H and O–H groups in total. The molecule has 1 atom stereocenters. The van der Waals surface area contributed by atoms with Gasteiger partial charge in [0.05, 0.1) is 0 Å². The van der Waals surface area contributed by atoms with Crippen LogP contribution in [0.5, 0.6) is 0 Å². The highest BCUT2D eigenvalue weighted by atomic mass is 19.1. The summed E-state index contributed by atoms with van der Waals surface area (Å²) in [4.78, 5) is 2.30. The molecular formula is C13H21FN2. The average Bonchev–Trinajstić information content (AvgIpc) is 2.29. The molecule has 0 amide bonds. The van der Waals surface area contributed by atoms with Crippen LogP contribution in [0.15, 0.2) is 18.2 Å². The summed E-state index contributed by atoms with van der Waals surface area (Å²) in [6.45, 7) is 8.11. The Kier molecular flexibility index (Phi) is 4.74. The van der Waals surface area contributed by atoms with Crippen molar-refractivity contribution in [2.75, 3.05) is 12.3 Å². The molecule has 0 aromatic heterocycles. The Morgan fingerprint density at radius 2 is 2.06 bits per heavy atom. The zero-order valence-corrected chi connectivity index (χ0v) is 10.3. The van der Waals surface area contributed by atoms with Crippen molar-refractivity contribution < 1.29 is 4.39 Å². The minimum atomic E-state index is -0.218. The lowest BCUT2D eigenvalue weighted by molar-refractivity contribution is 0.206. The molecule has 0 saturated carbocycles. The van der Waals surface area contributed by atoms with Gasteiger partial charge < -0.3 is 5.73 Å². The van der Waals surface area contributed by atoms with Crippen LogP contribution in [0.4, 0.5) is 10.1 Å². The van der Waals surface area contributed by atoms with Gasteiger partial charge in [0.15, 0.2) is 0 Å². The van der Waals surface area contributed by atoms with Crippen molar-refractivity contribution in [3.8, 4) is 0 Å². The lowest BCUT2D eigenvalue weighted by atomic mass is 10.1. The molecule has 0 saturated heterocycles. The van der Waals surface area contributed by atoms with Crippen molar-refractivity contribution in [1.29, 1.82) is 0 Å². The fourth-order valence-corrected chi connectivity index (χ4v) is 1.77. The number of hydrogen-bond acceptors (Lipinski definition) is 2. The number of halogens is 1. The SMILES string of the molecule is CCC(C)N(CC)Cc1cc(F)ccc1N. The largest absolute Gasteiger partial charge is 0.398 e. The fraction of sp³-hybridized carbons (Fsp3) is 0.538. The van der Waals surface area contributed by atoms with E-state index in [0.717, 1.165) is 25.1 Å². The average molecular weight is 224 g/mol. The first kappa shape index (κ1) is 13.0. The summed E-state index contributed by atoms with van der Waals surface area (Å²) in [5, 5.41) is 0. The first-order valence-corrected chi connectivity index (χ1v) is 5.86. The second-order valence-corrected chi connectivity index (χ2v) is 4.16. The van der Waals surface area contributed by atoms with Crippen molar-refractivity contribution in [3.63, 3.8) is 0 Å². The van der Waals surface area contributed by atoms with E-state index in [4.69, 9.17) is 5.73 Å². The molecule has 16 heavy (non-hydrogen) atoms. The highest BCUT2D eigenvalue weighted by Crippen LogP contribution is 2.17. The van der Waals surface area contributed by atoms with E-state index in [1.165, 1.54) is 12.1 Å². The van der Waals surface area contributed by atoms with Crippen LogP contribution in [0.25, 0.3) is 0 Å². The van der Waals surface area contributed by atoms with Crippen LogP contribution in [0, 0.1) is 5.82 Å². The van der Waals surface area contributed by atoms with Gasteiger partial charge in [0.1, 0.15) is 5.82 Å². The molecule has 0 aliphatic carbocycles. The van der Waals surface area contributed by atoms with E-state index in [9.17, 15) is 4.39 Å². The first-order valence-electron chi connectivity index (χ1n) is 5.86. The maximum atomic E-state index is 13.1. The number of nitrogens with zero attached hydrogens (tertiary/aromatic N) is 1. The predicted octanol–water partition coefficient (Wildman–Crippen LogP) is 3.03. The van der Waals surface area contributed by atoms with Gasteiger partial charge >= 0.3 is 0 Å². The van der Waals surface area contributed by atoms with E-state index in [2.05, 4.69) is 25.7 Å². The molecule has 0 radical (unpaired) electrons. The fourth-order valence-electron chi connectivity index (χ4n) is 1.77. The van der Waals surface area contributed by atoms with E-state index in [1.807, 2.05) is 0 Å². The Morgan fingerprint density at radius 1 is 1.38 bits per heavy atom. The number of nitrogens with two attached hydrogens (primary N) is 1. The van der Waals surface area contributed by atoms with Crippen LogP contribution in [0.2, 0.25) is 0 Å². The summed E-state index contributed by atoms with van der Waals surface area (Å²) in [5.74, 6) is -0.218. The summed E-state index contributed by atoms with van der Waals surface area (Å²) in [6, 6.07) is 5.06. The first-order chi connectivity index (χ1) is 7.58. The quantitative estimate of drug-likeness (QED) is 0.779. The van der Waals surface area contributed by atoms with Crippen LogP contribution in [-0.4, -0.2) is 17.5 Å². The van der Waals surface area contributed by atoms with E-state index in [1.54, 1.807) is 6.07 Å². The smallest absolute Gasteiger partial charge is 0.123 e. The number of anilines is 1. The number of hydrogen-bond donors (Lipinski definition) is 1. The molecule has 1 rings (SSSR count). The Balaban J connectivity index is 2.81. The lowest BCUT2D eigenvalue weighted by Crippen LogP contribution is -2.32. The van der Waals surface area contributed by atoms with Gasteiger partial charge in [-0.2, -0.15) is 0 Å². The summed E-state index contributed by atoms with van der Waals surface area (Å²) in [7, 11) is 0.